The predicted octanol–water partition coefficient (Wildman–Crippen LogP) is 3.44. The highest BCUT2D eigenvalue weighted by molar-refractivity contribution is 7.80. The number of carbonyl (C=O) groups is 1. The van der Waals surface area contributed by atoms with Crippen molar-refractivity contribution in [2.45, 2.75) is 27.7 Å². The van der Waals surface area contributed by atoms with Crippen LogP contribution in [0.2, 0.25) is 0 Å². The minimum Gasteiger partial charge on any atom is -0.399 e. The molecule has 6 heteroatoms. The maximum absolute atomic E-state index is 10.7. The molecule has 0 aromatic heterocycles. The number of nitrogens with two attached hydrogens (primary N) is 2. The molecule has 0 fully saturated rings. The van der Waals surface area contributed by atoms with Crippen molar-refractivity contribution in [3.05, 3.63) is 29.8 Å². The van der Waals surface area contributed by atoms with E-state index in [0.717, 1.165) is 0 Å². The molecule has 1 rings (SSSR count). The van der Waals surface area contributed by atoms with Gasteiger partial charge in [0.2, 0.25) is 0 Å². The molecule has 0 bridgehead atoms. The molecule has 5 nitrogen and oxygen atoms in total. The first-order valence-corrected chi connectivity index (χ1v) is 6.14. The number of nitrogens with zero attached hydrogens (tertiary/aromatic N) is 1. The standard InChI is InChI=1S/C8H9NO.C2H5NS.C2H6.CH4N2/c1-6(10)7-2-4-8(9)5-3-7;1-2(3)4;1-2;1-3-2/h2-5H,9H2,1H3;1H3,(H2,3,4);1-2H3;2H,1H3. The summed E-state index contributed by atoms with van der Waals surface area (Å²) in [6.07, 6.45) is 0. The van der Waals surface area contributed by atoms with Crippen molar-refractivity contribution in [1.82, 2.24) is 0 Å². The van der Waals surface area contributed by atoms with Crippen molar-refractivity contribution in [3.8, 4) is 0 Å². The van der Waals surface area contributed by atoms with Gasteiger partial charge in [-0.05, 0) is 38.1 Å². The molecule has 0 unspecified atom stereocenters. The number of nitrogens with one attached hydrogen (secondary N) is 1. The summed E-state index contributed by atoms with van der Waals surface area (Å²) in [5.74, 6) is 0.0694. The van der Waals surface area contributed by atoms with Gasteiger partial charge in [-0.3, -0.25) is 4.79 Å². The Bertz CT molecular complexity index is 359. The number of rotatable bonds is 1. The van der Waals surface area contributed by atoms with Gasteiger partial charge in [-0.1, -0.05) is 26.1 Å². The van der Waals surface area contributed by atoms with E-state index in [0.29, 0.717) is 16.2 Å². The Labute approximate surface area is 120 Å². The molecule has 0 amide bonds. The van der Waals surface area contributed by atoms with Crippen LogP contribution in [0.3, 0.4) is 0 Å². The summed E-state index contributed by atoms with van der Waals surface area (Å²) in [5.41, 5.74) is 17.5. The van der Waals surface area contributed by atoms with E-state index in [2.05, 4.69) is 17.3 Å². The van der Waals surface area contributed by atoms with Gasteiger partial charge < -0.3 is 11.5 Å². The van der Waals surface area contributed by atoms with Crippen LogP contribution >= 0.6 is 12.2 Å². The zero-order valence-electron chi connectivity index (χ0n) is 12.2. The Kier molecular flexibility index (Phi) is 19.0. The van der Waals surface area contributed by atoms with E-state index < -0.39 is 0 Å². The van der Waals surface area contributed by atoms with Gasteiger partial charge in [0.1, 0.15) is 0 Å². The second-order valence-electron chi connectivity index (χ2n) is 3.01. The second kappa shape index (κ2) is 16.2. The third-order valence-electron chi connectivity index (χ3n) is 1.32. The van der Waals surface area contributed by atoms with Crippen molar-refractivity contribution >= 4 is 28.7 Å². The molecule has 0 aliphatic rings. The summed E-state index contributed by atoms with van der Waals surface area (Å²) in [6, 6.07) is 6.88. The van der Waals surface area contributed by atoms with Crippen LogP contribution in [0.25, 0.3) is 0 Å². The lowest BCUT2D eigenvalue weighted by molar-refractivity contribution is 0.101. The molecule has 0 aliphatic heterocycles. The fourth-order valence-corrected chi connectivity index (χ4v) is 0.718. The normalized spacial score (nSPS) is 7.21. The topological polar surface area (TPSA) is 105 Å². The summed E-state index contributed by atoms with van der Waals surface area (Å²) >= 11 is 4.31. The molecule has 0 aliphatic carbocycles. The number of hydrogen-bond acceptors (Lipinski definition) is 5. The van der Waals surface area contributed by atoms with E-state index in [1.807, 2.05) is 13.8 Å². The molecule has 5 N–H and O–H groups in total. The van der Waals surface area contributed by atoms with Crippen molar-refractivity contribution < 1.29 is 4.79 Å². The number of benzene rings is 1. The number of hydrogen-bond donors (Lipinski definition) is 3. The van der Waals surface area contributed by atoms with Crippen LogP contribution < -0.4 is 11.5 Å². The molecule has 0 heterocycles. The van der Waals surface area contributed by atoms with Gasteiger partial charge in [0.15, 0.2) is 5.78 Å². The summed E-state index contributed by atoms with van der Waals surface area (Å²) < 4.78 is 0. The van der Waals surface area contributed by atoms with Crippen molar-refractivity contribution in [2.24, 2.45) is 10.8 Å². The van der Waals surface area contributed by atoms with Crippen LogP contribution in [-0.2, 0) is 0 Å². The van der Waals surface area contributed by atoms with E-state index in [9.17, 15) is 4.79 Å². The summed E-state index contributed by atoms with van der Waals surface area (Å²) in [6.45, 7) is 7.21. The van der Waals surface area contributed by atoms with Gasteiger partial charge in [-0.25, -0.2) is 10.6 Å². The molecule has 19 heavy (non-hydrogen) atoms. The molecule has 1 aromatic carbocycles. The Morgan fingerprint density at radius 3 is 1.68 bits per heavy atom. The molecule has 0 spiro atoms. The maximum atomic E-state index is 10.7. The van der Waals surface area contributed by atoms with Crippen LogP contribution in [-0.4, -0.2) is 17.8 Å². The second-order valence-corrected chi connectivity index (χ2v) is 3.66. The smallest absolute Gasteiger partial charge is 0.159 e. The minimum absolute atomic E-state index is 0.0694. The number of anilines is 1. The predicted molar refractivity (Wildman–Crippen MR) is 85.7 cm³/mol. The molecule has 0 saturated carbocycles. The zero-order chi connectivity index (χ0) is 15.8. The van der Waals surface area contributed by atoms with Crippen LogP contribution in [0.4, 0.5) is 5.69 Å². The molecule has 1 aromatic rings. The third-order valence-corrected chi connectivity index (χ3v) is 1.32. The number of nitrogen functional groups attached to an aromatic ring is 1. The van der Waals surface area contributed by atoms with Crippen LogP contribution in [0.15, 0.2) is 29.4 Å². The molecule has 0 saturated heterocycles. The highest BCUT2D eigenvalue weighted by atomic mass is 32.1. The van der Waals surface area contributed by atoms with Crippen LogP contribution in [0, 0.1) is 5.53 Å². The molecule has 0 atom stereocenters. The van der Waals surface area contributed by atoms with Crippen molar-refractivity contribution in [3.63, 3.8) is 0 Å². The first kappa shape index (κ1) is 22.4. The first-order valence-electron chi connectivity index (χ1n) is 5.73. The van der Waals surface area contributed by atoms with Gasteiger partial charge in [-0.15, -0.1) is 0 Å². The summed E-state index contributed by atoms with van der Waals surface area (Å²) in [4.78, 5) is 11.2. The average Bonchev–Trinajstić information content (AvgIpc) is 2.32. The monoisotopic (exact) mass is 284 g/mol. The largest absolute Gasteiger partial charge is 0.399 e. The van der Waals surface area contributed by atoms with Crippen molar-refractivity contribution in [2.75, 3.05) is 12.8 Å². The molecular formula is C13H24N4OS. The average molecular weight is 284 g/mol. The van der Waals surface area contributed by atoms with Crippen LogP contribution in [0.1, 0.15) is 38.1 Å². The van der Waals surface area contributed by atoms with E-state index >= 15 is 0 Å². The summed E-state index contributed by atoms with van der Waals surface area (Å²) in [7, 11) is 1.42. The third kappa shape index (κ3) is 21.9. The minimum atomic E-state index is 0.0694. The summed E-state index contributed by atoms with van der Waals surface area (Å²) in [5, 5.41) is 2.75. The highest BCUT2D eigenvalue weighted by Gasteiger charge is 1.95. The van der Waals surface area contributed by atoms with Gasteiger partial charge in [0.25, 0.3) is 0 Å². The Hall–Kier alpha value is -1.82. The Balaban J connectivity index is -0.000000239. The maximum Gasteiger partial charge on any atom is 0.159 e. The van der Waals surface area contributed by atoms with E-state index in [-0.39, 0.29) is 5.78 Å². The first-order chi connectivity index (χ1) is 8.84. The van der Waals surface area contributed by atoms with E-state index in [1.165, 1.54) is 14.0 Å². The van der Waals surface area contributed by atoms with Gasteiger partial charge in [0, 0.05) is 18.3 Å². The molecule has 0 radical (unpaired) electrons. The molecular weight excluding hydrogens is 260 g/mol. The van der Waals surface area contributed by atoms with E-state index in [4.69, 9.17) is 17.0 Å². The fraction of sp³-hybridized carbons (Fsp3) is 0.385. The van der Waals surface area contributed by atoms with Gasteiger partial charge in [0.05, 0.1) is 4.99 Å². The van der Waals surface area contributed by atoms with Gasteiger partial charge in [-0.2, -0.15) is 0 Å². The Morgan fingerprint density at radius 2 is 1.47 bits per heavy atom. The number of thiocarbonyl (C=S) groups is 1. The molecule has 108 valence electrons. The number of Topliss-reactive ketones (excluding diaryl/α,β-unsaturated/α-hetero) is 1. The lowest BCUT2D eigenvalue weighted by Gasteiger charge is -1.94. The van der Waals surface area contributed by atoms with Crippen LogP contribution in [0.5, 0.6) is 0 Å². The quantitative estimate of drug-likeness (QED) is 0.318. The van der Waals surface area contributed by atoms with E-state index in [1.54, 1.807) is 31.2 Å². The lowest BCUT2D eigenvalue weighted by Crippen LogP contribution is -1.98. The number of ketones is 1. The Morgan fingerprint density at radius 1 is 1.21 bits per heavy atom. The lowest BCUT2D eigenvalue weighted by atomic mass is 10.1. The number of carbonyl (C=O) groups excluding carboxylic acids is 1. The SMILES string of the molecule is CC.CC(=O)c1ccc(N)cc1.CC(N)=S.CN=N. The highest BCUT2D eigenvalue weighted by Crippen LogP contribution is 2.05. The van der Waals surface area contributed by atoms with Gasteiger partial charge >= 0.3 is 0 Å². The zero-order valence-corrected chi connectivity index (χ0v) is 13.0. The fourth-order valence-electron chi connectivity index (χ4n) is 0.718. The van der Waals surface area contributed by atoms with Crippen molar-refractivity contribution in [1.29, 1.82) is 5.53 Å².